The zero-order chi connectivity index (χ0) is 14.3. The number of thioether (sulfide) groups is 1. The summed E-state index contributed by atoms with van der Waals surface area (Å²) < 4.78 is 0. The van der Waals surface area contributed by atoms with E-state index in [0.29, 0.717) is 0 Å². The fraction of sp³-hybridized carbons (Fsp3) is 0.600. The molecule has 0 atom stereocenters. The highest BCUT2D eigenvalue weighted by molar-refractivity contribution is 7.98. The molecule has 2 aromatic rings. The first kappa shape index (κ1) is 14.1. The van der Waals surface area contributed by atoms with Gasteiger partial charge in [0.1, 0.15) is 10.6 Å². The minimum Gasteiger partial charge on any atom is -0.365 e. The van der Waals surface area contributed by atoms with Crippen molar-refractivity contribution in [1.82, 2.24) is 9.97 Å². The largest absolute Gasteiger partial charge is 0.365 e. The van der Waals surface area contributed by atoms with Crippen LogP contribution in [-0.2, 0) is 12.8 Å². The molecule has 0 aliphatic heterocycles. The Bertz CT molecular complexity index is 641. The van der Waals surface area contributed by atoms with Gasteiger partial charge in [0.15, 0.2) is 5.16 Å². The molecule has 0 amide bonds. The van der Waals surface area contributed by atoms with E-state index in [2.05, 4.69) is 26.1 Å². The minimum atomic E-state index is 0.0143. The van der Waals surface area contributed by atoms with Crippen molar-refractivity contribution in [3.05, 3.63) is 10.4 Å². The molecule has 3 rings (SSSR count). The Morgan fingerprint density at radius 1 is 1.15 bits per heavy atom. The third kappa shape index (κ3) is 2.66. The topological polar surface area (TPSA) is 37.8 Å². The van der Waals surface area contributed by atoms with Crippen LogP contribution in [0.5, 0.6) is 0 Å². The Balaban J connectivity index is 2.21. The Kier molecular flexibility index (Phi) is 3.67. The number of hydrogen-bond donors (Lipinski definition) is 1. The molecule has 108 valence electrons. The summed E-state index contributed by atoms with van der Waals surface area (Å²) >= 11 is 3.48. The number of fused-ring (bicyclic) bond motifs is 3. The fourth-order valence-corrected chi connectivity index (χ4v) is 4.36. The molecule has 1 aliphatic carbocycles. The normalized spacial score (nSPS) is 15.4. The van der Waals surface area contributed by atoms with Crippen LogP contribution in [0.3, 0.4) is 0 Å². The summed E-state index contributed by atoms with van der Waals surface area (Å²) in [5, 5.41) is 5.72. The van der Waals surface area contributed by atoms with Crippen molar-refractivity contribution in [3.63, 3.8) is 0 Å². The van der Waals surface area contributed by atoms with Crippen molar-refractivity contribution in [3.8, 4) is 0 Å². The summed E-state index contributed by atoms with van der Waals surface area (Å²) in [5.41, 5.74) is 1.51. The van der Waals surface area contributed by atoms with Crippen LogP contribution < -0.4 is 5.32 Å². The summed E-state index contributed by atoms with van der Waals surface area (Å²) in [6.07, 6.45) is 7.02. The average Bonchev–Trinajstić information content (AvgIpc) is 2.75. The molecule has 2 aromatic heterocycles. The van der Waals surface area contributed by atoms with Gasteiger partial charge in [0.25, 0.3) is 0 Å². The van der Waals surface area contributed by atoms with E-state index in [1.807, 2.05) is 17.6 Å². The van der Waals surface area contributed by atoms with Crippen LogP contribution in [0.25, 0.3) is 10.2 Å². The predicted octanol–water partition coefficient (Wildman–Crippen LogP) is 4.50. The van der Waals surface area contributed by atoms with E-state index in [1.165, 1.54) is 41.5 Å². The van der Waals surface area contributed by atoms with Gasteiger partial charge >= 0.3 is 0 Å². The van der Waals surface area contributed by atoms with E-state index < -0.39 is 0 Å². The fourth-order valence-electron chi connectivity index (χ4n) is 2.67. The molecule has 0 fully saturated rings. The van der Waals surface area contributed by atoms with Gasteiger partial charge in [-0.2, -0.15) is 0 Å². The summed E-state index contributed by atoms with van der Waals surface area (Å²) in [4.78, 5) is 12.1. The maximum atomic E-state index is 4.73. The minimum absolute atomic E-state index is 0.0143. The van der Waals surface area contributed by atoms with Gasteiger partial charge in [-0.15, -0.1) is 11.3 Å². The van der Waals surface area contributed by atoms with Crippen LogP contribution in [0.4, 0.5) is 5.82 Å². The van der Waals surface area contributed by atoms with Gasteiger partial charge in [-0.1, -0.05) is 11.8 Å². The molecule has 3 nitrogen and oxygen atoms in total. The van der Waals surface area contributed by atoms with Crippen molar-refractivity contribution in [1.29, 1.82) is 0 Å². The average molecular weight is 307 g/mol. The molecule has 1 N–H and O–H groups in total. The maximum Gasteiger partial charge on any atom is 0.190 e. The number of hydrogen-bond acceptors (Lipinski definition) is 5. The number of nitrogens with one attached hydrogen (secondary N) is 1. The molecule has 0 radical (unpaired) electrons. The highest BCUT2D eigenvalue weighted by atomic mass is 32.2. The molecule has 1 aliphatic rings. The van der Waals surface area contributed by atoms with Crippen LogP contribution in [0.15, 0.2) is 5.16 Å². The van der Waals surface area contributed by atoms with Crippen molar-refractivity contribution in [2.75, 3.05) is 11.6 Å². The summed E-state index contributed by atoms with van der Waals surface area (Å²) in [6.45, 7) is 6.54. The smallest absolute Gasteiger partial charge is 0.190 e. The van der Waals surface area contributed by atoms with Gasteiger partial charge in [0.05, 0.1) is 5.39 Å². The summed E-state index contributed by atoms with van der Waals surface area (Å²) in [7, 11) is 0. The molecule has 2 heterocycles. The second-order valence-electron chi connectivity index (χ2n) is 6.32. The highest BCUT2D eigenvalue weighted by Crippen LogP contribution is 2.39. The van der Waals surface area contributed by atoms with Crippen LogP contribution in [0.2, 0.25) is 0 Å². The Morgan fingerprint density at radius 3 is 2.60 bits per heavy atom. The first-order chi connectivity index (χ1) is 9.48. The summed E-state index contributed by atoms with van der Waals surface area (Å²) in [5.74, 6) is 1.02. The molecule has 0 saturated heterocycles. The van der Waals surface area contributed by atoms with Gasteiger partial charge in [-0.25, -0.2) is 9.97 Å². The Morgan fingerprint density at radius 2 is 1.90 bits per heavy atom. The quantitative estimate of drug-likeness (QED) is 0.654. The van der Waals surface area contributed by atoms with Crippen molar-refractivity contribution in [2.45, 2.75) is 57.1 Å². The maximum absolute atomic E-state index is 4.73. The van der Waals surface area contributed by atoms with E-state index in [9.17, 15) is 0 Å². The number of aryl methyl sites for hydroxylation is 2. The van der Waals surface area contributed by atoms with Crippen LogP contribution in [0, 0.1) is 0 Å². The van der Waals surface area contributed by atoms with Gasteiger partial charge < -0.3 is 5.32 Å². The van der Waals surface area contributed by atoms with Gasteiger partial charge in [0.2, 0.25) is 0 Å². The molecule has 5 heteroatoms. The van der Waals surface area contributed by atoms with Crippen LogP contribution in [-0.4, -0.2) is 21.8 Å². The molecule has 0 saturated carbocycles. The SMILES string of the molecule is CSc1nc(NC(C)(C)C)c2c3c(sc2n1)CCCC3. The van der Waals surface area contributed by atoms with Crippen molar-refractivity contribution in [2.24, 2.45) is 0 Å². The first-order valence-electron chi connectivity index (χ1n) is 7.12. The zero-order valence-corrected chi connectivity index (χ0v) is 14.2. The van der Waals surface area contributed by atoms with Crippen molar-refractivity contribution < 1.29 is 0 Å². The number of nitrogens with zero attached hydrogens (tertiary/aromatic N) is 2. The third-order valence-corrected chi connectivity index (χ3v) is 5.20. The highest BCUT2D eigenvalue weighted by Gasteiger charge is 2.22. The number of anilines is 1. The lowest BCUT2D eigenvalue weighted by Crippen LogP contribution is -2.27. The summed E-state index contributed by atoms with van der Waals surface area (Å²) in [6, 6.07) is 0. The van der Waals surface area contributed by atoms with E-state index in [4.69, 9.17) is 9.97 Å². The lowest BCUT2D eigenvalue weighted by Gasteiger charge is -2.22. The van der Waals surface area contributed by atoms with Gasteiger partial charge in [-0.3, -0.25) is 0 Å². The lowest BCUT2D eigenvalue weighted by molar-refractivity contribution is 0.629. The second kappa shape index (κ2) is 5.19. The van der Waals surface area contributed by atoms with E-state index in [1.54, 1.807) is 11.8 Å². The van der Waals surface area contributed by atoms with Crippen LogP contribution >= 0.6 is 23.1 Å². The molecular weight excluding hydrogens is 286 g/mol. The van der Waals surface area contributed by atoms with Crippen LogP contribution in [0.1, 0.15) is 44.1 Å². The third-order valence-electron chi connectivity index (χ3n) is 3.47. The first-order valence-corrected chi connectivity index (χ1v) is 9.16. The Hall–Kier alpha value is -0.810. The van der Waals surface area contributed by atoms with Crippen molar-refractivity contribution >= 4 is 39.1 Å². The van der Waals surface area contributed by atoms with Gasteiger partial charge in [-0.05, 0) is 58.3 Å². The molecule has 0 unspecified atom stereocenters. The molecular formula is C15H21N3S2. The standard InChI is InChI=1S/C15H21N3S2/c1-15(2,3)18-12-11-9-7-5-6-8-10(9)20-13(11)17-14(16-12)19-4/h5-8H2,1-4H3,(H,16,17,18). The lowest BCUT2D eigenvalue weighted by atomic mass is 9.96. The number of rotatable bonds is 2. The number of thiophene rings is 1. The molecule has 0 spiro atoms. The Labute approximate surface area is 128 Å². The predicted molar refractivity (Wildman–Crippen MR) is 89.2 cm³/mol. The molecule has 0 bridgehead atoms. The van der Waals surface area contributed by atoms with E-state index >= 15 is 0 Å². The number of aromatic nitrogens is 2. The van der Waals surface area contributed by atoms with E-state index in [0.717, 1.165) is 15.8 Å². The molecule has 0 aromatic carbocycles. The molecule has 20 heavy (non-hydrogen) atoms. The zero-order valence-electron chi connectivity index (χ0n) is 12.5. The second-order valence-corrected chi connectivity index (χ2v) is 8.18. The van der Waals surface area contributed by atoms with Gasteiger partial charge in [0, 0.05) is 10.4 Å². The monoisotopic (exact) mass is 307 g/mol. The van der Waals surface area contributed by atoms with E-state index in [-0.39, 0.29) is 5.54 Å².